The highest BCUT2D eigenvalue weighted by Gasteiger charge is 2.40. The highest BCUT2D eigenvalue weighted by atomic mass is 16.4. The Labute approximate surface area is 126 Å². The van der Waals surface area contributed by atoms with Gasteiger partial charge in [-0.15, -0.1) is 0 Å². The van der Waals surface area contributed by atoms with E-state index in [0.717, 1.165) is 37.5 Å². The molecule has 3 fully saturated rings. The van der Waals surface area contributed by atoms with Gasteiger partial charge in [-0.25, -0.2) is 4.79 Å². The fourth-order valence-electron chi connectivity index (χ4n) is 4.78. The van der Waals surface area contributed by atoms with Crippen molar-refractivity contribution in [3.05, 3.63) is 0 Å². The summed E-state index contributed by atoms with van der Waals surface area (Å²) in [5, 5.41) is 9.35. The summed E-state index contributed by atoms with van der Waals surface area (Å²) in [6, 6.07) is -0.574. The van der Waals surface area contributed by atoms with Crippen LogP contribution in [0.1, 0.15) is 64.2 Å². The molecule has 21 heavy (non-hydrogen) atoms. The third-order valence-electron chi connectivity index (χ3n) is 5.96. The van der Waals surface area contributed by atoms with E-state index in [1.807, 2.05) is 0 Å². The maximum Gasteiger partial charge on any atom is 0.326 e. The van der Waals surface area contributed by atoms with E-state index in [2.05, 4.69) is 0 Å². The van der Waals surface area contributed by atoms with Gasteiger partial charge in [0.05, 0.1) is 0 Å². The van der Waals surface area contributed by atoms with Crippen LogP contribution in [0.5, 0.6) is 0 Å². The highest BCUT2D eigenvalue weighted by molar-refractivity contribution is 5.85. The lowest BCUT2D eigenvalue weighted by molar-refractivity contribution is -0.155. The molecule has 0 spiro atoms. The first kappa shape index (κ1) is 14.9. The number of hydrogen-bond acceptors (Lipinski definition) is 2. The number of rotatable bonds is 2. The third kappa shape index (κ3) is 3.09. The van der Waals surface area contributed by atoms with Gasteiger partial charge in [0.25, 0.3) is 0 Å². The molecular formula is C17H27NO3. The first-order valence-corrected chi connectivity index (χ1v) is 8.70. The van der Waals surface area contributed by atoms with E-state index in [1.165, 1.54) is 32.1 Å². The summed E-state index contributed by atoms with van der Waals surface area (Å²) in [7, 11) is 0. The van der Waals surface area contributed by atoms with Crippen LogP contribution in [-0.4, -0.2) is 34.5 Å². The van der Waals surface area contributed by atoms with E-state index in [9.17, 15) is 14.7 Å². The van der Waals surface area contributed by atoms with Gasteiger partial charge in [-0.1, -0.05) is 25.7 Å². The fraction of sp³-hybridized carbons (Fsp3) is 0.882. The lowest BCUT2D eigenvalue weighted by atomic mass is 9.67. The molecule has 2 aliphatic carbocycles. The van der Waals surface area contributed by atoms with Gasteiger partial charge in [0.15, 0.2) is 0 Å². The van der Waals surface area contributed by atoms with Crippen LogP contribution in [0.15, 0.2) is 0 Å². The van der Waals surface area contributed by atoms with E-state index in [4.69, 9.17) is 0 Å². The first-order valence-electron chi connectivity index (χ1n) is 8.70. The Morgan fingerprint density at radius 1 is 0.857 bits per heavy atom. The molecule has 0 aromatic carbocycles. The fourth-order valence-corrected chi connectivity index (χ4v) is 4.78. The standard InChI is InChI=1S/C17H27NO3/c19-16(18-10-4-3-7-15(18)17(20)21)14-9-8-12-5-1-2-6-13(12)11-14/h12-15H,1-11H2,(H,20,21). The van der Waals surface area contributed by atoms with Gasteiger partial charge in [0.1, 0.15) is 6.04 Å². The van der Waals surface area contributed by atoms with Crippen molar-refractivity contribution in [3.8, 4) is 0 Å². The number of carbonyl (C=O) groups is 2. The average Bonchev–Trinajstić information content (AvgIpc) is 2.53. The molecule has 1 aliphatic heterocycles. The molecule has 4 nitrogen and oxygen atoms in total. The first-order chi connectivity index (χ1) is 10.2. The minimum absolute atomic E-state index is 0.0873. The predicted octanol–water partition coefficient (Wildman–Crippen LogP) is 3.06. The minimum atomic E-state index is -0.825. The molecule has 3 rings (SSSR count). The van der Waals surface area contributed by atoms with Crippen molar-refractivity contribution >= 4 is 11.9 Å². The molecule has 0 aromatic rings. The third-order valence-corrected chi connectivity index (χ3v) is 5.96. The number of carboxylic acid groups (broad SMARTS) is 1. The second-order valence-electron chi connectivity index (χ2n) is 7.20. The summed E-state index contributed by atoms with van der Waals surface area (Å²) < 4.78 is 0. The molecule has 0 aromatic heterocycles. The number of nitrogens with zero attached hydrogens (tertiary/aromatic N) is 1. The summed E-state index contributed by atoms with van der Waals surface area (Å²) in [6.07, 6.45) is 10.9. The van der Waals surface area contributed by atoms with Gasteiger partial charge in [0.2, 0.25) is 5.91 Å². The van der Waals surface area contributed by atoms with Crippen molar-refractivity contribution in [2.24, 2.45) is 17.8 Å². The number of fused-ring (bicyclic) bond motifs is 1. The maximum atomic E-state index is 12.8. The Balaban J connectivity index is 1.65. The smallest absolute Gasteiger partial charge is 0.326 e. The van der Waals surface area contributed by atoms with E-state index < -0.39 is 12.0 Å². The zero-order valence-electron chi connectivity index (χ0n) is 12.8. The largest absolute Gasteiger partial charge is 0.480 e. The van der Waals surface area contributed by atoms with Crippen molar-refractivity contribution in [2.75, 3.05) is 6.54 Å². The molecule has 1 heterocycles. The SMILES string of the molecule is O=C(O)C1CCCCN1C(=O)C1CCC2CCCCC2C1. The van der Waals surface area contributed by atoms with E-state index >= 15 is 0 Å². The summed E-state index contributed by atoms with van der Waals surface area (Å²) in [4.78, 5) is 25.9. The van der Waals surface area contributed by atoms with Crippen molar-refractivity contribution < 1.29 is 14.7 Å². The Morgan fingerprint density at radius 3 is 2.33 bits per heavy atom. The molecule has 4 unspecified atom stereocenters. The summed E-state index contributed by atoms with van der Waals surface area (Å²) >= 11 is 0. The summed E-state index contributed by atoms with van der Waals surface area (Å²) in [5.74, 6) is 0.943. The van der Waals surface area contributed by atoms with E-state index in [-0.39, 0.29) is 11.8 Å². The Bertz CT molecular complexity index is 409. The predicted molar refractivity (Wildman–Crippen MR) is 79.8 cm³/mol. The topological polar surface area (TPSA) is 57.6 Å². The number of carbonyl (C=O) groups excluding carboxylic acids is 1. The van der Waals surface area contributed by atoms with Crippen LogP contribution in [0.4, 0.5) is 0 Å². The van der Waals surface area contributed by atoms with Gasteiger partial charge in [-0.05, 0) is 50.4 Å². The second-order valence-corrected chi connectivity index (χ2v) is 7.20. The van der Waals surface area contributed by atoms with Crippen molar-refractivity contribution in [1.82, 2.24) is 4.90 Å². The Hall–Kier alpha value is -1.06. The number of aliphatic carboxylic acids is 1. The summed E-state index contributed by atoms with van der Waals surface area (Å²) in [5.41, 5.74) is 0. The van der Waals surface area contributed by atoms with Crippen LogP contribution < -0.4 is 0 Å². The second kappa shape index (κ2) is 6.37. The molecule has 1 amide bonds. The van der Waals surface area contributed by atoms with Crippen molar-refractivity contribution in [2.45, 2.75) is 70.3 Å². The van der Waals surface area contributed by atoms with Crippen LogP contribution in [0.2, 0.25) is 0 Å². The van der Waals surface area contributed by atoms with Crippen LogP contribution in [-0.2, 0) is 9.59 Å². The molecule has 4 atom stereocenters. The maximum absolute atomic E-state index is 12.8. The van der Waals surface area contributed by atoms with E-state index in [0.29, 0.717) is 13.0 Å². The van der Waals surface area contributed by atoms with Crippen molar-refractivity contribution in [3.63, 3.8) is 0 Å². The number of amides is 1. The van der Waals surface area contributed by atoms with Gasteiger partial charge in [-0.2, -0.15) is 0 Å². The zero-order chi connectivity index (χ0) is 14.8. The molecule has 118 valence electrons. The van der Waals surface area contributed by atoms with E-state index in [1.54, 1.807) is 4.90 Å². The van der Waals surface area contributed by atoms with Crippen LogP contribution in [0.25, 0.3) is 0 Å². The molecule has 3 aliphatic rings. The molecule has 4 heteroatoms. The zero-order valence-corrected chi connectivity index (χ0v) is 12.8. The minimum Gasteiger partial charge on any atom is -0.480 e. The highest BCUT2D eigenvalue weighted by Crippen LogP contribution is 2.43. The van der Waals surface area contributed by atoms with Crippen LogP contribution in [0.3, 0.4) is 0 Å². The lowest BCUT2D eigenvalue weighted by Crippen LogP contribution is -2.51. The quantitative estimate of drug-likeness (QED) is 0.851. The van der Waals surface area contributed by atoms with Crippen molar-refractivity contribution in [1.29, 1.82) is 0 Å². The molecule has 1 N–H and O–H groups in total. The van der Waals surface area contributed by atoms with Crippen LogP contribution in [0, 0.1) is 17.8 Å². The normalized spacial score (nSPS) is 36.9. The monoisotopic (exact) mass is 293 g/mol. The van der Waals surface area contributed by atoms with Gasteiger partial charge < -0.3 is 10.0 Å². The lowest BCUT2D eigenvalue weighted by Gasteiger charge is -2.42. The molecular weight excluding hydrogens is 266 g/mol. The Morgan fingerprint density at radius 2 is 1.57 bits per heavy atom. The molecule has 2 saturated carbocycles. The molecule has 0 bridgehead atoms. The Kier molecular flexibility index (Phi) is 4.51. The van der Waals surface area contributed by atoms with Gasteiger partial charge >= 0.3 is 5.97 Å². The number of hydrogen-bond donors (Lipinski definition) is 1. The number of piperidine rings is 1. The van der Waals surface area contributed by atoms with Crippen LogP contribution >= 0.6 is 0 Å². The average molecular weight is 293 g/mol. The molecule has 0 radical (unpaired) electrons. The molecule has 1 saturated heterocycles. The number of likely N-dealkylation sites (tertiary alicyclic amines) is 1. The van der Waals surface area contributed by atoms with Gasteiger partial charge in [-0.3, -0.25) is 4.79 Å². The number of carboxylic acids is 1. The summed E-state index contributed by atoms with van der Waals surface area (Å²) in [6.45, 7) is 0.639. The van der Waals surface area contributed by atoms with Gasteiger partial charge in [0, 0.05) is 12.5 Å².